The van der Waals surface area contributed by atoms with Crippen molar-refractivity contribution in [3.05, 3.63) is 35.9 Å². The molecule has 2 aliphatic rings. The van der Waals surface area contributed by atoms with Gasteiger partial charge in [0, 0.05) is 18.5 Å². The first kappa shape index (κ1) is 14.1. The Morgan fingerprint density at radius 2 is 2.05 bits per heavy atom. The molecular weight excluding hydrogens is 268 g/mol. The fourth-order valence-electron chi connectivity index (χ4n) is 3.44. The summed E-state index contributed by atoms with van der Waals surface area (Å²) in [4.78, 5) is 23.7. The molecule has 2 heterocycles. The largest absolute Gasteiger partial charge is 0.480 e. The highest BCUT2D eigenvalue weighted by atomic mass is 16.4. The zero-order valence-electron chi connectivity index (χ0n) is 11.8. The summed E-state index contributed by atoms with van der Waals surface area (Å²) in [5.41, 5.74) is 0.913. The molecule has 4 atom stereocenters. The van der Waals surface area contributed by atoms with Crippen molar-refractivity contribution < 1.29 is 14.7 Å². The number of carboxylic acids is 1. The second kappa shape index (κ2) is 5.85. The van der Waals surface area contributed by atoms with Gasteiger partial charge in [0.05, 0.1) is 5.92 Å². The van der Waals surface area contributed by atoms with Gasteiger partial charge in [0.1, 0.15) is 6.04 Å². The molecule has 0 saturated carbocycles. The van der Waals surface area contributed by atoms with E-state index in [1.165, 1.54) is 0 Å². The van der Waals surface area contributed by atoms with Gasteiger partial charge in [-0.2, -0.15) is 0 Å². The number of hydrogen-bond acceptors (Lipinski definition) is 3. The molecule has 0 aromatic heterocycles. The molecule has 5 heteroatoms. The van der Waals surface area contributed by atoms with E-state index in [4.69, 9.17) is 0 Å². The average Bonchev–Trinajstić information content (AvgIpc) is 3.10. The van der Waals surface area contributed by atoms with Crippen molar-refractivity contribution in [3.63, 3.8) is 0 Å². The summed E-state index contributed by atoms with van der Waals surface area (Å²) < 4.78 is 0. The monoisotopic (exact) mass is 288 g/mol. The Hall–Kier alpha value is -1.88. The Bertz CT molecular complexity index is 532. The van der Waals surface area contributed by atoms with Crippen LogP contribution in [0.4, 0.5) is 0 Å². The van der Waals surface area contributed by atoms with Crippen molar-refractivity contribution in [3.8, 4) is 0 Å². The van der Waals surface area contributed by atoms with Gasteiger partial charge < -0.3 is 15.7 Å². The maximum Gasteiger partial charge on any atom is 0.326 e. The molecular formula is C16H20N2O3. The van der Waals surface area contributed by atoms with E-state index in [0.717, 1.165) is 24.8 Å². The van der Waals surface area contributed by atoms with Crippen LogP contribution in [0.2, 0.25) is 0 Å². The lowest BCUT2D eigenvalue weighted by molar-refractivity contribution is -0.142. The molecule has 112 valence electrons. The second-order valence-electron chi connectivity index (χ2n) is 5.98. The SMILES string of the molecule is O=C(N[C@@H](Cc1ccccc1)C(=O)O)C1CC2CCC1N2. The van der Waals surface area contributed by atoms with Gasteiger partial charge in [-0.1, -0.05) is 30.3 Å². The Labute approximate surface area is 123 Å². The molecule has 5 nitrogen and oxygen atoms in total. The van der Waals surface area contributed by atoms with Crippen LogP contribution < -0.4 is 10.6 Å². The van der Waals surface area contributed by atoms with E-state index in [2.05, 4.69) is 10.6 Å². The van der Waals surface area contributed by atoms with Gasteiger partial charge in [0.15, 0.2) is 0 Å². The van der Waals surface area contributed by atoms with Crippen molar-refractivity contribution in [2.24, 2.45) is 5.92 Å². The number of carbonyl (C=O) groups is 2. The highest BCUT2D eigenvalue weighted by Crippen LogP contribution is 2.33. The summed E-state index contributed by atoms with van der Waals surface area (Å²) in [7, 11) is 0. The molecule has 0 radical (unpaired) electrons. The van der Waals surface area contributed by atoms with Crippen LogP contribution in [-0.4, -0.2) is 35.1 Å². The molecule has 3 N–H and O–H groups in total. The van der Waals surface area contributed by atoms with E-state index < -0.39 is 12.0 Å². The molecule has 1 aromatic rings. The van der Waals surface area contributed by atoms with Gasteiger partial charge in [-0.3, -0.25) is 4.79 Å². The number of carboxylic acid groups (broad SMARTS) is 1. The fourth-order valence-corrected chi connectivity index (χ4v) is 3.44. The summed E-state index contributed by atoms with van der Waals surface area (Å²) in [5, 5.41) is 15.4. The second-order valence-corrected chi connectivity index (χ2v) is 5.98. The van der Waals surface area contributed by atoms with Crippen LogP contribution in [0.15, 0.2) is 30.3 Å². The Morgan fingerprint density at radius 1 is 1.29 bits per heavy atom. The fraction of sp³-hybridized carbons (Fsp3) is 0.500. The molecule has 2 aliphatic heterocycles. The van der Waals surface area contributed by atoms with E-state index in [-0.39, 0.29) is 17.9 Å². The van der Waals surface area contributed by atoms with E-state index in [1.807, 2.05) is 30.3 Å². The van der Waals surface area contributed by atoms with Gasteiger partial charge in [-0.15, -0.1) is 0 Å². The Balaban J connectivity index is 1.62. The van der Waals surface area contributed by atoms with Crippen LogP contribution in [0, 0.1) is 5.92 Å². The standard InChI is InChI=1S/C16H20N2O3/c19-15(12-9-11-6-7-13(12)17-11)18-14(16(20)21)8-10-4-2-1-3-5-10/h1-5,11-14,17H,6-9H2,(H,18,19)(H,20,21)/t11?,12?,13?,14-/m0/s1. The summed E-state index contributed by atoms with van der Waals surface area (Å²) in [6, 6.07) is 9.18. The van der Waals surface area contributed by atoms with Crippen LogP contribution in [0.25, 0.3) is 0 Å². The number of hydrogen-bond donors (Lipinski definition) is 3. The molecule has 1 amide bonds. The number of benzene rings is 1. The third-order valence-corrected chi connectivity index (χ3v) is 4.53. The van der Waals surface area contributed by atoms with E-state index >= 15 is 0 Å². The number of amides is 1. The highest BCUT2D eigenvalue weighted by Gasteiger charge is 2.43. The normalized spacial score (nSPS) is 28.3. The minimum atomic E-state index is -0.983. The van der Waals surface area contributed by atoms with Crippen molar-refractivity contribution in [2.45, 2.75) is 43.8 Å². The van der Waals surface area contributed by atoms with Gasteiger partial charge >= 0.3 is 5.97 Å². The predicted octanol–water partition coefficient (Wildman–Crippen LogP) is 0.939. The van der Waals surface area contributed by atoms with Crippen LogP contribution in [0.5, 0.6) is 0 Å². The molecule has 1 aromatic carbocycles. The minimum Gasteiger partial charge on any atom is -0.480 e. The third-order valence-electron chi connectivity index (χ3n) is 4.53. The molecule has 21 heavy (non-hydrogen) atoms. The Kier molecular flexibility index (Phi) is 3.92. The van der Waals surface area contributed by atoms with Crippen LogP contribution >= 0.6 is 0 Å². The number of rotatable bonds is 5. The lowest BCUT2D eigenvalue weighted by atomic mass is 9.88. The van der Waals surface area contributed by atoms with Crippen molar-refractivity contribution >= 4 is 11.9 Å². The first-order chi connectivity index (χ1) is 10.1. The van der Waals surface area contributed by atoms with Gasteiger partial charge in [-0.25, -0.2) is 4.79 Å². The maximum atomic E-state index is 12.3. The maximum absolute atomic E-state index is 12.3. The van der Waals surface area contributed by atoms with Gasteiger partial charge in [0.2, 0.25) is 5.91 Å². The minimum absolute atomic E-state index is 0.0821. The lowest BCUT2D eigenvalue weighted by Crippen LogP contribution is -2.47. The first-order valence-electron chi connectivity index (χ1n) is 7.46. The van der Waals surface area contributed by atoms with Crippen molar-refractivity contribution in [1.29, 1.82) is 0 Å². The van der Waals surface area contributed by atoms with Crippen LogP contribution in [0.1, 0.15) is 24.8 Å². The summed E-state index contributed by atoms with van der Waals surface area (Å²) in [5.74, 6) is -1.19. The average molecular weight is 288 g/mol. The molecule has 3 rings (SSSR count). The Morgan fingerprint density at radius 3 is 2.62 bits per heavy atom. The topological polar surface area (TPSA) is 78.4 Å². The van der Waals surface area contributed by atoms with Crippen molar-refractivity contribution in [1.82, 2.24) is 10.6 Å². The summed E-state index contributed by atoms with van der Waals surface area (Å²) in [6.45, 7) is 0. The molecule has 2 saturated heterocycles. The zero-order chi connectivity index (χ0) is 14.8. The summed E-state index contributed by atoms with van der Waals surface area (Å²) in [6.07, 6.45) is 3.28. The van der Waals surface area contributed by atoms with E-state index in [1.54, 1.807) is 0 Å². The van der Waals surface area contributed by atoms with Crippen molar-refractivity contribution in [2.75, 3.05) is 0 Å². The summed E-state index contributed by atoms with van der Waals surface area (Å²) >= 11 is 0. The molecule has 3 unspecified atom stereocenters. The van der Waals surface area contributed by atoms with E-state index in [9.17, 15) is 14.7 Å². The lowest BCUT2D eigenvalue weighted by Gasteiger charge is -2.22. The molecule has 2 bridgehead atoms. The number of carbonyl (C=O) groups excluding carboxylic acids is 1. The van der Waals surface area contributed by atoms with E-state index in [0.29, 0.717) is 12.5 Å². The molecule has 2 fully saturated rings. The van der Waals surface area contributed by atoms with Gasteiger partial charge in [-0.05, 0) is 24.8 Å². The number of fused-ring (bicyclic) bond motifs is 2. The highest BCUT2D eigenvalue weighted by molar-refractivity contribution is 5.86. The first-order valence-corrected chi connectivity index (χ1v) is 7.46. The number of nitrogens with one attached hydrogen (secondary N) is 2. The van der Waals surface area contributed by atoms with Crippen LogP contribution in [0.3, 0.4) is 0 Å². The molecule has 0 spiro atoms. The zero-order valence-corrected chi connectivity index (χ0v) is 11.8. The van der Waals surface area contributed by atoms with Gasteiger partial charge in [0.25, 0.3) is 0 Å². The predicted molar refractivity (Wildman–Crippen MR) is 77.8 cm³/mol. The number of aliphatic carboxylic acids is 1. The van der Waals surface area contributed by atoms with Crippen LogP contribution in [-0.2, 0) is 16.0 Å². The third kappa shape index (κ3) is 3.08. The quantitative estimate of drug-likeness (QED) is 0.753. The molecule has 0 aliphatic carbocycles. The smallest absolute Gasteiger partial charge is 0.326 e.